The molecule has 10 nitrogen and oxygen atoms in total. The zero-order chi connectivity index (χ0) is 23.3. The van der Waals surface area contributed by atoms with Crippen LogP contribution in [0.1, 0.15) is 17.3 Å². The molecule has 0 amide bonds. The van der Waals surface area contributed by atoms with Crippen LogP contribution in [0.2, 0.25) is 0 Å². The number of esters is 2. The standard InChI is InChI=1S/C20H21NO9S/c1-5-31(26,27)16-10-13(18(22)23)15(28-2)11-14(16)21-9-7-6-8-12(19(24)29-3)17(21)20(25)30-4/h6-11H,5H2,1-4H3,(H,22,23). The molecule has 31 heavy (non-hydrogen) atoms. The number of ether oxygens (including phenoxy) is 3. The van der Waals surface area contributed by atoms with Crippen molar-refractivity contribution in [2.24, 2.45) is 0 Å². The third kappa shape index (κ3) is 4.61. The van der Waals surface area contributed by atoms with Gasteiger partial charge in [0.05, 0.1) is 43.2 Å². The Hall–Kier alpha value is -3.60. The molecule has 166 valence electrons. The second-order valence-electron chi connectivity index (χ2n) is 6.04. The highest BCUT2D eigenvalue weighted by atomic mass is 32.2. The highest BCUT2D eigenvalue weighted by molar-refractivity contribution is 7.91. The molecule has 1 aromatic rings. The van der Waals surface area contributed by atoms with E-state index < -0.39 is 27.7 Å². The zero-order valence-corrected chi connectivity index (χ0v) is 18.1. The van der Waals surface area contributed by atoms with Crippen LogP contribution in [-0.4, -0.2) is 58.5 Å². The quantitative estimate of drug-likeness (QED) is 0.610. The molecule has 0 bridgehead atoms. The molecular weight excluding hydrogens is 430 g/mol. The van der Waals surface area contributed by atoms with Crippen molar-refractivity contribution >= 4 is 33.4 Å². The van der Waals surface area contributed by atoms with Gasteiger partial charge in [-0.2, -0.15) is 0 Å². The summed E-state index contributed by atoms with van der Waals surface area (Å²) in [4.78, 5) is 37.3. The molecular formula is C20H21NO9S. The van der Waals surface area contributed by atoms with Gasteiger partial charge in [0, 0.05) is 12.3 Å². The third-order valence-electron chi connectivity index (χ3n) is 4.38. The number of benzene rings is 1. The highest BCUT2D eigenvalue weighted by Gasteiger charge is 2.32. The van der Waals surface area contributed by atoms with Gasteiger partial charge in [-0.15, -0.1) is 0 Å². The lowest BCUT2D eigenvalue weighted by Gasteiger charge is -2.26. The number of carbonyl (C=O) groups is 3. The molecule has 0 unspecified atom stereocenters. The number of rotatable bonds is 7. The first-order valence-corrected chi connectivity index (χ1v) is 10.5. The molecule has 0 saturated carbocycles. The topological polar surface area (TPSA) is 137 Å². The third-order valence-corrected chi connectivity index (χ3v) is 6.13. The molecule has 1 N–H and O–H groups in total. The van der Waals surface area contributed by atoms with Gasteiger partial charge >= 0.3 is 17.9 Å². The second kappa shape index (κ2) is 9.47. The zero-order valence-electron chi connectivity index (χ0n) is 17.2. The fraction of sp³-hybridized carbons (Fsp3) is 0.250. The molecule has 1 aliphatic heterocycles. The van der Waals surface area contributed by atoms with Crippen molar-refractivity contribution in [1.29, 1.82) is 0 Å². The fourth-order valence-electron chi connectivity index (χ4n) is 2.83. The van der Waals surface area contributed by atoms with Crippen LogP contribution < -0.4 is 9.64 Å². The van der Waals surface area contributed by atoms with E-state index in [1.165, 1.54) is 44.5 Å². The Morgan fingerprint density at radius 3 is 2.19 bits per heavy atom. The van der Waals surface area contributed by atoms with Gasteiger partial charge in [0.15, 0.2) is 9.84 Å². The van der Waals surface area contributed by atoms with E-state index in [2.05, 4.69) is 0 Å². The minimum Gasteiger partial charge on any atom is -0.496 e. The summed E-state index contributed by atoms with van der Waals surface area (Å²) in [5.41, 5.74) is -1.00. The number of methoxy groups -OCH3 is 3. The maximum absolute atomic E-state index is 12.8. The van der Waals surface area contributed by atoms with Crippen LogP contribution in [0.15, 0.2) is 52.7 Å². The van der Waals surface area contributed by atoms with Gasteiger partial charge in [0.1, 0.15) is 17.0 Å². The molecule has 2 rings (SSSR count). The molecule has 1 aliphatic rings. The number of allylic oxidation sites excluding steroid dienone is 2. The lowest BCUT2D eigenvalue weighted by Crippen LogP contribution is -2.28. The fourth-order valence-corrected chi connectivity index (χ4v) is 3.91. The van der Waals surface area contributed by atoms with Gasteiger partial charge in [0.25, 0.3) is 0 Å². The van der Waals surface area contributed by atoms with Crippen molar-refractivity contribution in [1.82, 2.24) is 0 Å². The predicted molar refractivity (Wildman–Crippen MR) is 109 cm³/mol. The summed E-state index contributed by atoms with van der Waals surface area (Å²) in [6.45, 7) is 1.39. The summed E-state index contributed by atoms with van der Waals surface area (Å²) in [5, 5.41) is 9.47. The minimum atomic E-state index is -3.98. The van der Waals surface area contributed by atoms with Crippen LogP contribution in [0.25, 0.3) is 0 Å². The monoisotopic (exact) mass is 451 g/mol. The van der Waals surface area contributed by atoms with Gasteiger partial charge in [-0.1, -0.05) is 13.0 Å². The van der Waals surface area contributed by atoms with E-state index in [4.69, 9.17) is 14.2 Å². The summed E-state index contributed by atoms with van der Waals surface area (Å²) in [5.74, 6) is -3.70. The lowest BCUT2D eigenvalue weighted by molar-refractivity contribution is -0.139. The number of hydrogen-bond donors (Lipinski definition) is 1. The van der Waals surface area contributed by atoms with E-state index in [-0.39, 0.29) is 38.9 Å². The van der Waals surface area contributed by atoms with Gasteiger partial charge in [0.2, 0.25) is 0 Å². The second-order valence-corrected chi connectivity index (χ2v) is 8.29. The van der Waals surface area contributed by atoms with E-state index in [0.717, 1.165) is 25.2 Å². The Morgan fingerprint density at radius 2 is 1.68 bits per heavy atom. The Balaban J connectivity index is 2.99. The maximum atomic E-state index is 12.8. The Bertz CT molecular complexity index is 1110. The molecule has 0 fully saturated rings. The number of hydrogen-bond acceptors (Lipinski definition) is 9. The lowest BCUT2D eigenvalue weighted by atomic mass is 10.1. The van der Waals surface area contributed by atoms with E-state index >= 15 is 0 Å². The molecule has 0 aliphatic carbocycles. The number of sulfone groups is 1. The van der Waals surface area contributed by atoms with Crippen LogP contribution in [0.3, 0.4) is 0 Å². The number of carboxylic acid groups (broad SMARTS) is 1. The van der Waals surface area contributed by atoms with Crippen molar-refractivity contribution in [2.45, 2.75) is 11.8 Å². The van der Waals surface area contributed by atoms with E-state index in [0.29, 0.717) is 0 Å². The first-order valence-electron chi connectivity index (χ1n) is 8.86. The Kier molecular flexibility index (Phi) is 7.24. The molecule has 11 heteroatoms. The predicted octanol–water partition coefficient (Wildman–Crippen LogP) is 1.68. The largest absolute Gasteiger partial charge is 0.496 e. The van der Waals surface area contributed by atoms with E-state index in [9.17, 15) is 27.9 Å². The van der Waals surface area contributed by atoms with E-state index in [1.807, 2.05) is 0 Å². The van der Waals surface area contributed by atoms with Crippen molar-refractivity contribution in [3.05, 3.63) is 53.4 Å². The smallest absolute Gasteiger partial charge is 0.355 e. The number of carboxylic acids is 1. The van der Waals surface area contributed by atoms with Crippen LogP contribution in [0, 0.1) is 0 Å². The van der Waals surface area contributed by atoms with Crippen LogP contribution in [0.5, 0.6) is 5.75 Å². The summed E-state index contributed by atoms with van der Waals surface area (Å²) in [7, 11) is -0.538. The summed E-state index contributed by atoms with van der Waals surface area (Å²) >= 11 is 0. The molecule has 1 aromatic carbocycles. The summed E-state index contributed by atoms with van der Waals surface area (Å²) < 4.78 is 40.3. The molecule has 0 saturated heterocycles. The molecule has 1 heterocycles. The number of anilines is 1. The highest BCUT2D eigenvalue weighted by Crippen LogP contribution is 2.37. The van der Waals surface area contributed by atoms with Gasteiger partial charge in [-0.05, 0) is 18.2 Å². The summed E-state index contributed by atoms with van der Waals surface area (Å²) in [6.07, 6.45) is 5.55. The van der Waals surface area contributed by atoms with Crippen LogP contribution in [-0.2, 0) is 28.9 Å². The van der Waals surface area contributed by atoms with Crippen LogP contribution >= 0.6 is 0 Å². The van der Waals surface area contributed by atoms with Crippen molar-refractivity contribution < 1.29 is 42.1 Å². The van der Waals surface area contributed by atoms with Crippen molar-refractivity contribution in [2.75, 3.05) is 32.0 Å². The average Bonchev–Trinajstić information content (AvgIpc) is 2.99. The van der Waals surface area contributed by atoms with E-state index in [1.54, 1.807) is 0 Å². The van der Waals surface area contributed by atoms with Crippen LogP contribution in [0.4, 0.5) is 5.69 Å². The maximum Gasteiger partial charge on any atom is 0.355 e. The average molecular weight is 451 g/mol. The van der Waals surface area contributed by atoms with Gasteiger partial charge < -0.3 is 24.2 Å². The Morgan fingerprint density at radius 1 is 1.03 bits per heavy atom. The molecule has 0 radical (unpaired) electrons. The summed E-state index contributed by atoms with van der Waals surface area (Å²) in [6, 6.07) is 2.12. The number of carbonyl (C=O) groups excluding carboxylic acids is 2. The first-order chi connectivity index (χ1) is 14.6. The Labute approximate surface area is 178 Å². The first kappa shape index (κ1) is 23.7. The molecule has 0 aromatic heterocycles. The number of nitrogens with zero attached hydrogens (tertiary/aromatic N) is 1. The number of aromatic carboxylic acids is 1. The molecule has 0 atom stereocenters. The molecule has 0 spiro atoms. The van der Waals surface area contributed by atoms with Crippen molar-refractivity contribution in [3.63, 3.8) is 0 Å². The normalized spacial score (nSPS) is 13.6. The van der Waals surface area contributed by atoms with Gasteiger partial charge in [-0.25, -0.2) is 22.8 Å². The SMILES string of the molecule is CCS(=O)(=O)c1cc(C(=O)O)c(OC)cc1N1C=CC=CC(C(=O)OC)=C1C(=O)OC. The van der Waals surface area contributed by atoms with Gasteiger partial charge in [-0.3, -0.25) is 0 Å². The van der Waals surface area contributed by atoms with Crippen molar-refractivity contribution in [3.8, 4) is 5.75 Å². The minimum absolute atomic E-state index is 0.106.